The summed E-state index contributed by atoms with van der Waals surface area (Å²) in [6.07, 6.45) is -4.43. The molecule has 0 bridgehead atoms. The van der Waals surface area contributed by atoms with Gasteiger partial charge < -0.3 is 10.5 Å². The molecule has 0 radical (unpaired) electrons. The van der Waals surface area contributed by atoms with Crippen molar-refractivity contribution in [3.63, 3.8) is 0 Å². The Balaban J connectivity index is 2.13. The molecule has 0 amide bonds. The van der Waals surface area contributed by atoms with E-state index in [0.717, 1.165) is 16.6 Å². The van der Waals surface area contributed by atoms with Crippen LogP contribution >= 0.6 is 27.5 Å². The van der Waals surface area contributed by atoms with E-state index in [-0.39, 0.29) is 18.0 Å². The van der Waals surface area contributed by atoms with Crippen LogP contribution in [-0.4, -0.2) is 0 Å². The number of halogens is 5. The number of nitrogens with two attached hydrogens (primary N) is 1. The van der Waals surface area contributed by atoms with Crippen LogP contribution in [0.5, 0.6) is 5.75 Å². The van der Waals surface area contributed by atoms with Crippen molar-refractivity contribution in [1.82, 2.24) is 0 Å². The number of hydrogen-bond acceptors (Lipinski definition) is 2. The number of alkyl halides is 3. The van der Waals surface area contributed by atoms with Crippen molar-refractivity contribution in [3.05, 3.63) is 57.0 Å². The fraction of sp³-hybridized carbons (Fsp3) is 0.143. The fourth-order valence-corrected chi connectivity index (χ4v) is 2.38. The van der Waals surface area contributed by atoms with Crippen molar-refractivity contribution in [1.29, 1.82) is 0 Å². The highest BCUT2D eigenvalue weighted by molar-refractivity contribution is 9.10. The number of hydrogen-bond donors (Lipinski definition) is 1. The molecule has 21 heavy (non-hydrogen) atoms. The van der Waals surface area contributed by atoms with Crippen LogP contribution in [0, 0.1) is 0 Å². The molecule has 0 heterocycles. The number of anilines is 1. The maximum Gasteiger partial charge on any atom is 0.416 e. The summed E-state index contributed by atoms with van der Waals surface area (Å²) in [5, 5.41) is 0.495. The number of rotatable bonds is 3. The van der Waals surface area contributed by atoms with Crippen LogP contribution in [0.4, 0.5) is 18.9 Å². The predicted molar refractivity (Wildman–Crippen MR) is 79.3 cm³/mol. The average molecular weight is 381 g/mol. The van der Waals surface area contributed by atoms with Crippen LogP contribution in [0.1, 0.15) is 11.1 Å². The summed E-state index contributed by atoms with van der Waals surface area (Å²) in [5.74, 6) is 0.182. The smallest absolute Gasteiger partial charge is 0.416 e. The second-order valence-electron chi connectivity index (χ2n) is 4.27. The van der Waals surface area contributed by atoms with Crippen LogP contribution < -0.4 is 10.5 Å². The first-order valence-corrected chi connectivity index (χ1v) is 6.98. The van der Waals surface area contributed by atoms with Gasteiger partial charge in [-0.2, -0.15) is 13.2 Å². The molecule has 2 N–H and O–H groups in total. The maximum atomic E-state index is 12.5. The van der Waals surface area contributed by atoms with Crippen LogP contribution in [0.3, 0.4) is 0 Å². The van der Waals surface area contributed by atoms with Crippen molar-refractivity contribution in [2.75, 3.05) is 5.73 Å². The Morgan fingerprint density at radius 3 is 2.43 bits per heavy atom. The molecule has 7 heteroatoms. The number of nitrogen functional groups attached to an aromatic ring is 1. The van der Waals surface area contributed by atoms with Gasteiger partial charge in [0.05, 0.1) is 11.3 Å². The highest BCUT2D eigenvalue weighted by atomic mass is 79.9. The first kappa shape index (κ1) is 16.0. The molecule has 112 valence electrons. The standard InChI is InChI=1S/C14H10BrClF3NO/c15-10-3-1-8(11(16)6-10)7-21-13-4-2-9(5-12(13)20)14(17,18)19/h1-6H,7,20H2. The van der Waals surface area contributed by atoms with Gasteiger partial charge in [0.25, 0.3) is 0 Å². The number of benzene rings is 2. The fourth-order valence-electron chi connectivity index (χ4n) is 1.65. The molecular formula is C14H10BrClF3NO. The van der Waals surface area contributed by atoms with Gasteiger partial charge >= 0.3 is 6.18 Å². The summed E-state index contributed by atoms with van der Waals surface area (Å²) in [4.78, 5) is 0. The first-order valence-electron chi connectivity index (χ1n) is 5.81. The van der Waals surface area contributed by atoms with Gasteiger partial charge in [0, 0.05) is 15.1 Å². The average Bonchev–Trinajstić information content (AvgIpc) is 2.38. The monoisotopic (exact) mass is 379 g/mol. The second kappa shape index (κ2) is 6.15. The van der Waals surface area contributed by atoms with Gasteiger partial charge in [-0.25, -0.2) is 0 Å². The van der Waals surface area contributed by atoms with Crippen molar-refractivity contribution >= 4 is 33.2 Å². The van der Waals surface area contributed by atoms with Crippen LogP contribution in [0.2, 0.25) is 5.02 Å². The van der Waals surface area contributed by atoms with E-state index < -0.39 is 11.7 Å². The van der Waals surface area contributed by atoms with Gasteiger partial charge in [0.1, 0.15) is 12.4 Å². The lowest BCUT2D eigenvalue weighted by molar-refractivity contribution is -0.137. The van der Waals surface area contributed by atoms with Crippen molar-refractivity contribution < 1.29 is 17.9 Å². The molecule has 2 rings (SSSR count). The van der Waals surface area contributed by atoms with E-state index >= 15 is 0 Å². The van der Waals surface area contributed by atoms with Crippen molar-refractivity contribution in [2.24, 2.45) is 0 Å². The molecule has 0 aliphatic heterocycles. The summed E-state index contributed by atoms with van der Waals surface area (Å²) in [6, 6.07) is 8.22. The second-order valence-corrected chi connectivity index (χ2v) is 5.60. The molecular weight excluding hydrogens is 371 g/mol. The van der Waals surface area contributed by atoms with Crippen molar-refractivity contribution in [3.8, 4) is 5.75 Å². The van der Waals surface area contributed by atoms with Gasteiger partial charge in [-0.3, -0.25) is 0 Å². The molecule has 0 aliphatic carbocycles. The molecule has 2 aromatic carbocycles. The Kier molecular flexibility index (Phi) is 4.68. The van der Waals surface area contributed by atoms with Crippen LogP contribution in [0.15, 0.2) is 40.9 Å². The summed E-state index contributed by atoms with van der Waals surface area (Å²) >= 11 is 9.31. The third-order valence-corrected chi connectivity index (χ3v) is 3.58. The lowest BCUT2D eigenvalue weighted by Gasteiger charge is -2.12. The lowest BCUT2D eigenvalue weighted by Crippen LogP contribution is -2.06. The zero-order chi connectivity index (χ0) is 15.6. The van der Waals surface area contributed by atoms with E-state index in [1.165, 1.54) is 6.07 Å². The molecule has 0 saturated carbocycles. The maximum absolute atomic E-state index is 12.5. The Bertz CT molecular complexity index is 661. The Morgan fingerprint density at radius 1 is 1.14 bits per heavy atom. The molecule has 0 unspecified atom stereocenters. The molecule has 0 aromatic heterocycles. The van der Waals surface area contributed by atoms with Crippen LogP contribution in [-0.2, 0) is 12.8 Å². The first-order chi connectivity index (χ1) is 9.77. The Labute approximate surface area is 132 Å². The van der Waals surface area contributed by atoms with Gasteiger partial charge in [0.15, 0.2) is 0 Å². The summed E-state index contributed by atoms with van der Waals surface area (Å²) < 4.78 is 43.8. The minimum absolute atomic E-state index is 0.0712. The Morgan fingerprint density at radius 2 is 1.86 bits per heavy atom. The minimum atomic E-state index is -4.43. The zero-order valence-corrected chi connectivity index (χ0v) is 12.9. The lowest BCUT2D eigenvalue weighted by atomic mass is 10.2. The third kappa shape index (κ3) is 4.04. The molecule has 0 fully saturated rings. The molecule has 0 saturated heterocycles. The predicted octanol–water partition coefficient (Wildman–Crippen LogP) is 5.28. The van der Waals surface area contributed by atoms with E-state index in [9.17, 15) is 13.2 Å². The highest BCUT2D eigenvalue weighted by Crippen LogP contribution is 2.34. The van der Waals surface area contributed by atoms with E-state index in [0.29, 0.717) is 10.6 Å². The van der Waals surface area contributed by atoms with Gasteiger partial charge in [-0.1, -0.05) is 33.6 Å². The quantitative estimate of drug-likeness (QED) is 0.735. The normalized spacial score (nSPS) is 11.5. The zero-order valence-electron chi connectivity index (χ0n) is 10.5. The van der Waals surface area contributed by atoms with E-state index in [1.54, 1.807) is 18.2 Å². The summed E-state index contributed by atoms with van der Waals surface area (Å²) in [5.41, 5.74) is 5.40. The van der Waals surface area contributed by atoms with Gasteiger partial charge in [-0.05, 0) is 30.3 Å². The molecule has 0 spiro atoms. The van der Waals surface area contributed by atoms with Crippen molar-refractivity contribution in [2.45, 2.75) is 12.8 Å². The Hall–Kier alpha value is -1.40. The molecule has 0 aliphatic rings. The van der Waals surface area contributed by atoms with Gasteiger partial charge in [0.2, 0.25) is 0 Å². The minimum Gasteiger partial charge on any atom is -0.487 e. The van der Waals surface area contributed by atoms with Crippen LogP contribution in [0.25, 0.3) is 0 Å². The molecule has 0 atom stereocenters. The highest BCUT2D eigenvalue weighted by Gasteiger charge is 2.30. The SMILES string of the molecule is Nc1cc(C(F)(F)F)ccc1OCc1ccc(Br)cc1Cl. The summed E-state index contributed by atoms with van der Waals surface area (Å²) in [7, 11) is 0. The third-order valence-electron chi connectivity index (χ3n) is 2.74. The topological polar surface area (TPSA) is 35.2 Å². The largest absolute Gasteiger partial charge is 0.487 e. The van der Waals surface area contributed by atoms with Gasteiger partial charge in [-0.15, -0.1) is 0 Å². The molecule has 2 nitrogen and oxygen atoms in total. The molecule has 2 aromatic rings. The number of ether oxygens (including phenoxy) is 1. The van der Waals surface area contributed by atoms with E-state index in [1.807, 2.05) is 0 Å². The summed E-state index contributed by atoms with van der Waals surface area (Å²) in [6.45, 7) is 0.113. The van der Waals surface area contributed by atoms with E-state index in [4.69, 9.17) is 22.1 Å². The van der Waals surface area contributed by atoms with E-state index in [2.05, 4.69) is 15.9 Å².